The number of rotatable bonds is 2. The lowest BCUT2D eigenvalue weighted by atomic mass is 10.1. The smallest absolute Gasteiger partial charge is 0.258 e. The molecule has 1 heterocycles. The molecule has 0 atom stereocenters. The van der Waals surface area contributed by atoms with E-state index in [-0.39, 0.29) is 11.6 Å². The van der Waals surface area contributed by atoms with E-state index in [0.717, 1.165) is 0 Å². The molecule has 0 spiro atoms. The van der Waals surface area contributed by atoms with Crippen molar-refractivity contribution in [2.75, 3.05) is 18.9 Å². The van der Waals surface area contributed by atoms with Crippen molar-refractivity contribution in [1.29, 1.82) is 0 Å². The SMILES string of the molecule is Nc1ccc(CN2CCOc3ccccc3C2=O)cc1F. The molecule has 3 rings (SSSR count). The molecule has 21 heavy (non-hydrogen) atoms. The van der Waals surface area contributed by atoms with E-state index in [1.165, 1.54) is 12.1 Å². The molecule has 108 valence electrons. The van der Waals surface area contributed by atoms with Gasteiger partial charge in [-0.05, 0) is 29.8 Å². The summed E-state index contributed by atoms with van der Waals surface area (Å²) < 4.78 is 19.1. The van der Waals surface area contributed by atoms with Gasteiger partial charge in [0, 0.05) is 6.54 Å². The number of anilines is 1. The van der Waals surface area contributed by atoms with E-state index in [9.17, 15) is 9.18 Å². The normalized spacial score (nSPS) is 14.3. The molecule has 0 bridgehead atoms. The maximum Gasteiger partial charge on any atom is 0.258 e. The third-order valence-electron chi connectivity index (χ3n) is 3.46. The summed E-state index contributed by atoms with van der Waals surface area (Å²) >= 11 is 0. The van der Waals surface area contributed by atoms with E-state index < -0.39 is 5.82 Å². The Labute approximate surface area is 121 Å². The maximum atomic E-state index is 13.5. The summed E-state index contributed by atoms with van der Waals surface area (Å²) in [5.41, 5.74) is 6.80. The summed E-state index contributed by atoms with van der Waals surface area (Å²) in [4.78, 5) is 14.2. The summed E-state index contributed by atoms with van der Waals surface area (Å²) in [5.74, 6) is 0.0141. The van der Waals surface area contributed by atoms with Crippen LogP contribution in [-0.4, -0.2) is 24.0 Å². The molecular weight excluding hydrogens is 271 g/mol. The van der Waals surface area contributed by atoms with E-state index in [4.69, 9.17) is 10.5 Å². The Kier molecular flexibility index (Phi) is 3.48. The number of para-hydroxylation sites is 1. The van der Waals surface area contributed by atoms with Crippen LogP contribution in [0.5, 0.6) is 5.75 Å². The first-order valence-corrected chi connectivity index (χ1v) is 6.70. The number of benzene rings is 2. The van der Waals surface area contributed by atoms with Crippen LogP contribution in [-0.2, 0) is 6.54 Å². The second-order valence-electron chi connectivity index (χ2n) is 4.93. The molecule has 2 N–H and O–H groups in total. The topological polar surface area (TPSA) is 55.6 Å². The lowest BCUT2D eigenvalue weighted by Crippen LogP contribution is -2.31. The number of fused-ring (bicyclic) bond motifs is 1. The Morgan fingerprint density at radius 3 is 2.86 bits per heavy atom. The zero-order valence-electron chi connectivity index (χ0n) is 11.4. The monoisotopic (exact) mass is 286 g/mol. The van der Waals surface area contributed by atoms with Gasteiger partial charge in [0.1, 0.15) is 18.2 Å². The highest BCUT2D eigenvalue weighted by Crippen LogP contribution is 2.24. The predicted octanol–water partition coefficient (Wildman–Crippen LogP) is 2.44. The third-order valence-corrected chi connectivity index (χ3v) is 3.46. The van der Waals surface area contributed by atoms with Crippen LogP contribution >= 0.6 is 0 Å². The molecule has 0 saturated carbocycles. The fourth-order valence-electron chi connectivity index (χ4n) is 2.35. The van der Waals surface area contributed by atoms with Crippen LogP contribution in [0.15, 0.2) is 42.5 Å². The van der Waals surface area contributed by atoms with Crippen LogP contribution in [0.1, 0.15) is 15.9 Å². The number of hydrogen-bond acceptors (Lipinski definition) is 3. The first kappa shape index (κ1) is 13.4. The minimum atomic E-state index is -0.466. The van der Waals surface area contributed by atoms with E-state index in [0.29, 0.717) is 36.6 Å². The average molecular weight is 286 g/mol. The van der Waals surface area contributed by atoms with E-state index in [1.807, 2.05) is 6.07 Å². The quantitative estimate of drug-likeness (QED) is 0.863. The number of hydrogen-bond donors (Lipinski definition) is 1. The molecule has 1 amide bonds. The second-order valence-corrected chi connectivity index (χ2v) is 4.93. The van der Waals surface area contributed by atoms with Gasteiger partial charge in [0.25, 0.3) is 5.91 Å². The van der Waals surface area contributed by atoms with Gasteiger partial charge < -0.3 is 15.4 Å². The molecule has 2 aromatic rings. The van der Waals surface area contributed by atoms with Crippen molar-refractivity contribution in [3.63, 3.8) is 0 Å². The number of carbonyl (C=O) groups is 1. The van der Waals surface area contributed by atoms with Crippen molar-refractivity contribution < 1.29 is 13.9 Å². The van der Waals surface area contributed by atoms with E-state index >= 15 is 0 Å². The Bertz CT molecular complexity index is 688. The molecule has 1 aliphatic heterocycles. The summed E-state index contributed by atoms with van der Waals surface area (Å²) in [5, 5.41) is 0. The molecule has 0 radical (unpaired) electrons. The summed E-state index contributed by atoms with van der Waals surface area (Å²) in [6.07, 6.45) is 0. The van der Waals surface area contributed by atoms with Gasteiger partial charge in [-0.3, -0.25) is 4.79 Å². The van der Waals surface area contributed by atoms with Crippen molar-refractivity contribution in [2.24, 2.45) is 0 Å². The predicted molar refractivity (Wildman–Crippen MR) is 77.5 cm³/mol. The van der Waals surface area contributed by atoms with E-state index in [1.54, 1.807) is 29.2 Å². The average Bonchev–Trinajstić information content (AvgIpc) is 2.64. The minimum absolute atomic E-state index is 0.106. The van der Waals surface area contributed by atoms with Crippen LogP contribution in [0.4, 0.5) is 10.1 Å². The summed E-state index contributed by atoms with van der Waals surface area (Å²) in [6.45, 7) is 1.20. The van der Waals surface area contributed by atoms with Gasteiger partial charge in [0.15, 0.2) is 0 Å². The lowest BCUT2D eigenvalue weighted by molar-refractivity contribution is 0.0743. The Morgan fingerprint density at radius 1 is 1.24 bits per heavy atom. The van der Waals surface area contributed by atoms with Gasteiger partial charge in [0.05, 0.1) is 17.8 Å². The van der Waals surface area contributed by atoms with Gasteiger partial charge in [-0.25, -0.2) is 4.39 Å². The van der Waals surface area contributed by atoms with Crippen LogP contribution in [0, 0.1) is 5.82 Å². The van der Waals surface area contributed by atoms with Crippen LogP contribution in [0.3, 0.4) is 0 Å². The highest BCUT2D eigenvalue weighted by Gasteiger charge is 2.23. The van der Waals surface area contributed by atoms with Crippen molar-refractivity contribution >= 4 is 11.6 Å². The van der Waals surface area contributed by atoms with Gasteiger partial charge in [-0.1, -0.05) is 18.2 Å². The van der Waals surface area contributed by atoms with Crippen molar-refractivity contribution in [3.8, 4) is 5.75 Å². The Hall–Kier alpha value is -2.56. The van der Waals surface area contributed by atoms with Crippen molar-refractivity contribution in [1.82, 2.24) is 4.90 Å². The number of ether oxygens (including phenoxy) is 1. The van der Waals surface area contributed by atoms with Gasteiger partial charge in [-0.15, -0.1) is 0 Å². The van der Waals surface area contributed by atoms with Crippen LogP contribution < -0.4 is 10.5 Å². The highest BCUT2D eigenvalue weighted by atomic mass is 19.1. The molecule has 2 aromatic carbocycles. The maximum absolute atomic E-state index is 13.5. The molecule has 1 aliphatic rings. The molecule has 0 aliphatic carbocycles. The second kappa shape index (κ2) is 5.44. The first-order valence-electron chi connectivity index (χ1n) is 6.70. The number of amides is 1. The lowest BCUT2D eigenvalue weighted by Gasteiger charge is -2.20. The molecule has 0 unspecified atom stereocenters. The van der Waals surface area contributed by atoms with Gasteiger partial charge in [-0.2, -0.15) is 0 Å². The first-order chi connectivity index (χ1) is 10.1. The molecule has 0 aromatic heterocycles. The number of carbonyl (C=O) groups excluding carboxylic acids is 1. The Balaban J connectivity index is 1.85. The highest BCUT2D eigenvalue weighted by molar-refractivity contribution is 5.97. The minimum Gasteiger partial charge on any atom is -0.491 e. The molecule has 0 saturated heterocycles. The largest absolute Gasteiger partial charge is 0.491 e. The fraction of sp³-hybridized carbons (Fsp3) is 0.188. The summed E-state index contributed by atoms with van der Waals surface area (Å²) in [6, 6.07) is 11.7. The van der Waals surface area contributed by atoms with Gasteiger partial charge >= 0.3 is 0 Å². The van der Waals surface area contributed by atoms with Crippen molar-refractivity contribution in [2.45, 2.75) is 6.54 Å². The number of nitrogens with zero attached hydrogens (tertiary/aromatic N) is 1. The molecule has 0 fully saturated rings. The van der Waals surface area contributed by atoms with Crippen LogP contribution in [0.25, 0.3) is 0 Å². The summed E-state index contributed by atoms with van der Waals surface area (Å²) in [7, 11) is 0. The van der Waals surface area contributed by atoms with Crippen molar-refractivity contribution in [3.05, 3.63) is 59.4 Å². The zero-order chi connectivity index (χ0) is 14.8. The number of nitrogens with two attached hydrogens (primary N) is 1. The van der Waals surface area contributed by atoms with E-state index in [2.05, 4.69) is 0 Å². The molecular formula is C16H15FN2O2. The molecule has 4 nitrogen and oxygen atoms in total. The number of halogens is 1. The standard InChI is InChI=1S/C16H15FN2O2/c17-13-9-11(5-6-14(13)18)10-19-7-8-21-15-4-2-1-3-12(15)16(19)20/h1-6,9H,7-8,10,18H2. The third kappa shape index (κ3) is 2.67. The number of nitrogen functional groups attached to an aromatic ring is 1. The zero-order valence-corrected chi connectivity index (χ0v) is 11.4. The Morgan fingerprint density at radius 2 is 2.05 bits per heavy atom. The van der Waals surface area contributed by atoms with Gasteiger partial charge in [0.2, 0.25) is 0 Å². The van der Waals surface area contributed by atoms with Crippen LogP contribution in [0.2, 0.25) is 0 Å². The fourth-order valence-corrected chi connectivity index (χ4v) is 2.35. The molecule has 5 heteroatoms.